The van der Waals surface area contributed by atoms with Crippen molar-refractivity contribution >= 4 is 40.8 Å². The number of anilines is 1. The van der Waals surface area contributed by atoms with E-state index >= 15 is 0 Å². The summed E-state index contributed by atoms with van der Waals surface area (Å²) < 4.78 is 45.2. The molecule has 0 bridgehead atoms. The van der Waals surface area contributed by atoms with Gasteiger partial charge in [0.2, 0.25) is 5.91 Å². The highest BCUT2D eigenvalue weighted by atomic mass is 35.5. The first-order chi connectivity index (χ1) is 10.7. The SMILES string of the molecule is CCOC(=O)C(NC(=O)CCl)(Nc1ccc(Cl)cc1)C(F)(F)F. The first kappa shape index (κ1) is 19.4. The smallest absolute Gasteiger partial charge is 0.441 e. The normalized spacial score (nSPS) is 13.8. The zero-order valence-corrected chi connectivity index (χ0v) is 13.4. The highest BCUT2D eigenvalue weighted by molar-refractivity contribution is 6.30. The van der Waals surface area contributed by atoms with Crippen molar-refractivity contribution in [3.63, 3.8) is 0 Å². The molecule has 1 atom stereocenters. The third kappa shape index (κ3) is 4.65. The lowest BCUT2D eigenvalue weighted by molar-refractivity contribution is -0.207. The Morgan fingerprint density at radius 3 is 2.22 bits per heavy atom. The molecule has 0 aromatic heterocycles. The number of ether oxygens (including phenoxy) is 1. The van der Waals surface area contributed by atoms with Crippen LogP contribution in [-0.2, 0) is 14.3 Å². The fourth-order valence-corrected chi connectivity index (χ4v) is 1.82. The molecule has 128 valence electrons. The van der Waals surface area contributed by atoms with Crippen LogP contribution in [0.3, 0.4) is 0 Å². The number of halogens is 5. The molecule has 2 N–H and O–H groups in total. The van der Waals surface area contributed by atoms with Gasteiger partial charge in [0, 0.05) is 10.7 Å². The summed E-state index contributed by atoms with van der Waals surface area (Å²) in [7, 11) is 0. The van der Waals surface area contributed by atoms with Gasteiger partial charge in [-0.25, -0.2) is 4.79 Å². The van der Waals surface area contributed by atoms with Gasteiger partial charge in [0.25, 0.3) is 0 Å². The van der Waals surface area contributed by atoms with Gasteiger partial charge in [0.1, 0.15) is 5.88 Å². The zero-order valence-electron chi connectivity index (χ0n) is 11.8. The average molecular weight is 373 g/mol. The van der Waals surface area contributed by atoms with Crippen molar-refractivity contribution in [2.75, 3.05) is 17.8 Å². The molecule has 1 aromatic rings. The van der Waals surface area contributed by atoms with Crippen molar-refractivity contribution in [2.45, 2.75) is 18.8 Å². The molecular formula is C13H13Cl2F3N2O3. The topological polar surface area (TPSA) is 67.4 Å². The standard InChI is InChI=1S/C13H13Cl2F3N2O3/c1-2-23-11(22)12(13(16,17)18,20-10(21)7-14)19-9-5-3-8(15)4-6-9/h3-6,19H,2,7H2,1H3,(H,20,21). The minimum absolute atomic E-state index is 0.102. The number of alkyl halides is 4. The number of amides is 1. The van der Waals surface area contributed by atoms with Crippen molar-refractivity contribution in [1.29, 1.82) is 0 Å². The minimum Gasteiger partial charge on any atom is -0.463 e. The number of carbonyl (C=O) groups is 2. The summed E-state index contributed by atoms with van der Waals surface area (Å²) in [4.78, 5) is 23.4. The van der Waals surface area contributed by atoms with Gasteiger partial charge in [-0.2, -0.15) is 13.2 Å². The Balaban J connectivity index is 3.32. The molecule has 0 heterocycles. The second-order valence-corrected chi connectivity index (χ2v) is 4.99. The third-order valence-corrected chi connectivity index (χ3v) is 3.13. The van der Waals surface area contributed by atoms with Gasteiger partial charge in [0.05, 0.1) is 6.61 Å². The van der Waals surface area contributed by atoms with E-state index in [9.17, 15) is 22.8 Å². The fourth-order valence-electron chi connectivity index (χ4n) is 1.62. The van der Waals surface area contributed by atoms with Crippen LogP contribution in [0.4, 0.5) is 18.9 Å². The van der Waals surface area contributed by atoms with Crippen LogP contribution < -0.4 is 10.6 Å². The summed E-state index contributed by atoms with van der Waals surface area (Å²) in [5.74, 6) is -3.67. The molecular weight excluding hydrogens is 360 g/mol. The Hall–Kier alpha value is -1.67. The number of nitrogens with one attached hydrogen (secondary N) is 2. The van der Waals surface area contributed by atoms with Gasteiger partial charge in [-0.1, -0.05) is 11.6 Å². The van der Waals surface area contributed by atoms with Crippen molar-refractivity contribution < 1.29 is 27.5 Å². The van der Waals surface area contributed by atoms with E-state index < -0.39 is 29.6 Å². The van der Waals surface area contributed by atoms with Crippen molar-refractivity contribution in [1.82, 2.24) is 5.32 Å². The maximum Gasteiger partial charge on any atom is 0.441 e. The monoisotopic (exact) mass is 372 g/mol. The van der Waals surface area contributed by atoms with Crippen molar-refractivity contribution in [3.05, 3.63) is 29.3 Å². The molecule has 1 rings (SSSR count). The highest BCUT2D eigenvalue weighted by Crippen LogP contribution is 2.33. The Kier molecular flexibility index (Phi) is 6.52. The van der Waals surface area contributed by atoms with Crippen molar-refractivity contribution in [3.8, 4) is 0 Å². The first-order valence-electron chi connectivity index (χ1n) is 6.31. The molecule has 1 aromatic carbocycles. The van der Waals surface area contributed by atoms with E-state index in [1.165, 1.54) is 31.2 Å². The highest BCUT2D eigenvalue weighted by Gasteiger charge is 2.63. The maximum atomic E-state index is 13.6. The third-order valence-electron chi connectivity index (χ3n) is 2.63. The van der Waals surface area contributed by atoms with E-state index in [1.54, 1.807) is 5.32 Å². The number of esters is 1. The van der Waals surface area contributed by atoms with Gasteiger partial charge in [0.15, 0.2) is 0 Å². The summed E-state index contributed by atoms with van der Waals surface area (Å²) in [5.41, 5.74) is -3.57. The summed E-state index contributed by atoms with van der Waals surface area (Å²) in [6.45, 7) is 1.03. The molecule has 1 unspecified atom stereocenters. The van der Waals surface area contributed by atoms with Gasteiger partial charge in [-0.05, 0) is 31.2 Å². The maximum absolute atomic E-state index is 13.6. The number of rotatable bonds is 6. The van der Waals surface area contributed by atoms with Crippen LogP contribution in [0.5, 0.6) is 0 Å². The van der Waals surface area contributed by atoms with Crippen LogP contribution in [0, 0.1) is 0 Å². The second kappa shape index (κ2) is 7.74. The minimum atomic E-state index is -5.19. The van der Waals surface area contributed by atoms with Gasteiger partial charge in [-0.15, -0.1) is 11.6 Å². The molecule has 0 aliphatic rings. The molecule has 0 radical (unpaired) electrons. The Morgan fingerprint density at radius 1 is 1.22 bits per heavy atom. The lowest BCUT2D eigenvalue weighted by atomic mass is 10.1. The molecule has 10 heteroatoms. The summed E-state index contributed by atoms with van der Waals surface area (Å²) in [6.07, 6.45) is -5.19. The van der Waals surface area contributed by atoms with Crippen LogP contribution in [0.15, 0.2) is 24.3 Å². The molecule has 0 aliphatic carbocycles. The van der Waals surface area contributed by atoms with Crippen LogP contribution in [0.1, 0.15) is 6.92 Å². The number of carbonyl (C=O) groups excluding carboxylic acids is 2. The Bertz CT molecular complexity index is 567. The summed E-state index contributed by atoms with van der Waals surface area (Å²) in [6, 6.07) is 5.07. The second-order valence-electron chi connectivity index (χ2n) is 4.28. The molecule has 23 heavy (non-hydrogen) atoms. The average Bonchev–Trinajstić information content (AvgIpc) is 2.47. The molecule has 1 amide bonds. The lowest BCUT2D eigenvalue weighted by Crippen LogP contribution is -2.69. The van der Waals surface area contributed by atoms with E-state index in [1.807, 2.05) is 5.32 Å². The van der Waals surface area contributed by atoms with Crippen LogP contribution in [0.25, 0.3) is 0 Å². The predicted molar refractivity (Wildman–Crippen MR) is 79.4 cm³/mol. The van der Waals surface area contributed by atoms with Gasteiger partial charge >= 0.3 is 17.8 Å². The zero-order chi connectivity index (χ0) is 17.7. The van der Waals surface area contributed by atoms with E-state index in [4.69, 9.17) is 23.2 Å². The summed E-state index contributed by atoms with van der Waals surface area (Å²) >= 11 is 10.9. The first-order valence-corrected chi connectivity index (χ1v) is 7.22. The number of benzene rings is 1. The molecule has 0 saturated carbocycles. The van der Waals surface area contributed by atoms with Crippen LogP contribution in [0.2, 0.25) is 5.02 Å². The fraction of sp³-hybridized carbons (Fsp3) is 0.385. The Labute approximate surface area is 140 Å². The van der Waals surface area contributed by atoms with Crippen LogP contribution >= 0.6 is 23.2 Å². The predicted octanol–water partition coefficient (Wildman–Crippen LogP) is 2.93. The molecule has 0 saturated heterocycles. The lowest BCUT2D eigenvalue weighted by Gasteiger charge is -2.35. The van der Waals surface area contributed by atoms with Crippen molar-refractivity contribution in [2.24, 2.45) is 0 Å². The van der Waals surface area contributed by atoms with Crippen LogP contribution in [-0.4, -0.2) is 36.2 Å². The van der Waals surface area contributed by atoms with E-state index in [0.717, 1.165) is 0 Å². The summed E-state index contributed by atoms with van der Waals surface area (Å²) in [5, 5.41) is 3.80. The number of hydrogen-bond acceptors (Lipinski definition) is 4. The molecule has 0 fully saturated rings. The van der Waals surface area contributed by atoms with E-state index in [2.05, 4.69) is 4.74 Å². The molecule has 5 nitrogen and oxygen atoms in total. The van der Waals surface area contributed by atoms with Gasteiger partial charge < -0.3 is 15.4 Å². The number of hydrogen-bond donors (Lipinski definition) is 2. The molecule has 0 aliphatic heterocycles. The largest absolute Gasteiger partial charge is 0.463 e. The Morgan fingerprint density at radius 2 is 1.78 bits per heavy atom. The quantitative estimate of drug-likeness (QED) is 0.457. The van der Waals surface area contributed by atoms with E-state index in [0.29, 0.717) is 0 Å². The van der Waals surface area contributed by atoms with Gasteiger partial charge in [-0.3, -0.25) is 4.79 Å². The van der Waals surface area contributed by atoms with E-state index in [-0.39, 0.29) is 17.3 Å². The molecule has 0 spiro atoms.